The second kappa shape index (κ2) is 4.97. The molecule has 13 heavy (non-hydrogen) atoms. The third-order valence-corrected chi connectivity index (χ3v) is 3.25. The average molecular weight is 185 g/mol. The highest BCUT2D eigenvalue weighted by molar-refractivity contribution is 4.91. The van der Waals surface area contributed by atoms with E-state index in [1.165, 1.54) is 12.8 Å². The summed E-state index contributed by atoms with van der Waals surface area (Å²) in [5.74, 6) is 0. The molecule has 2 heteroatoms. The third kappa shape index (κ3) is 2.68. The molecule has 0 radical (unpaired) electrons. The number of hydrogen-bond acceptors (Lipinski definition) is 2. The van der Waals surface area contributed by atoms with Crippen molar-refractivity contribution in [3.8, 4) is 0 Å². The molecule has 0 aromatic heterocycles. The van der Waals surface area contributed by atoms with Crippen LogP contribution in [0.15, 0.2) is 0 Å². The van der Waals surface area contributed by atoms with Gasteiger partial charge in [0.15, 0.2) is 0 Å². The summed E-state index contributed by atoms with van der Waals surface area (Å²) in [7, 11) is 0. The van der Waals surface area contributed by atoms with Gasteiger partial charge >= 0.3 is 0 Å². The molecule has 0 aromatic carbocycles. The Morgan fingerprint density at radius 2 is 2.15 bits per heavy atom. The standard InChI is InChI=1S/C11H23NO/c1-3-8-11(13,4-2)10-7-5-6-9-12-10/h10,12-13H,3-9H2,1-2H3/t10-,11?/m0/s1. The highest BCUT2D eigenvalue weighted by Gasteiger charge is 2.34. The van der Waals surface area contributed by atoms with Crippen LogP contribution in [0.25, 0.3) is 0 Å². The summed E-state index contributed by atoms with van der Waals surface area (Å²) in [5.41, 5.74) is -0.449. The number of nitrogens with one attached hydrogen (secondary N) is 1. The predicted octanol–water partition coefficient (Wildman–Crippen LogP) is 2.07. The van der Waals surface area contributed by atoms with Crippen molar-refractivity contribution in [2.75, 3.05) is 6.54 Å². The molecule has 1 heterocycles. The fraction of sp³-hybridized carbons (Fsp3) is 1.00. The zero-order valence-corrected chi connectivity index (χ0v) is 8.97. The quantitative estimate of drug-likeness (QED) is 0.702. The SMILES string of the molecule is CCCC(O)(CC)[C@@H]1CCCCN1. The lowest BCUT2D eigenvalue weighted by molar-refractivity contribution is -0.0187. The average Bonchev–Trinajstić information content (AvgIpc) is 2.19. The van der Waals surface area contributed by atoms with Gasteiger partial charge in [0, 0.05) is 6.04 Å². The van der Waals surface area contributed by atoms with Crippen LogP contribution in [-0.4, -0.2) is 23.3 Å². The molecule has 1 rings (SSSR count). The van der Waals surface area contributed by atoms with Gasteiger partial charge in [-0.05, 0) is 32.2 Å². The van der Waals surface area contributed by atoms with Crippen LogP contribution in [0.4, 0.5) is 0 Å². The second-order valence-corrected chi connectivity index (χ2v) is 4.21. The topological polar surface area (TPSA) is 32.3 Å². The van der Waals surface area contributed by atoms with E-state index < -0.39 is 5.60 Å². The maximum absolute atomic E-state index is 10.4. The summed E-state index contributed by atoms with van der Waals surface area (Å²) in [4.78, 5) is 0. The molecule has 2 N–H and O–H groups in total. The summed E-state index contributed by atoms with van der Waals surface area (Å²) in [6.07, 6.45) is 6.55. The van der Waals surface area contributed by atoms with Crippen LogP contribution in [0, 0.1) is 0 Å². The lowest BCUT2D eigenvalue weighted by atomic mass is 9.82. The summed E-state index contributed by atoms with van der Waals surface area (Å²) < 4.78 is 0. The van der Waals surface area contributed by atoms with Gasteiger partial charge in [-0.1, -0.05) is 26.7 Å². The molecule has 1 aliphatic heterocycles. The fourth-order valence-electron chi connectivity index (χ4n) is 2.34. The van der Waals surface area contributed by atoms with Crippen LogP contribution in [0.5, 0.6) is 0 Å². The van der Waals surface area contributed by atoms with Crippen molar-refractivity contribution in [1.29, 1.82) is 0 Å². The molecule has 2 atom stereocenters. The van der Waals surface area contributed by atoms with Gasteiger partial charge < -0.3 is 10.4 Å². The minimum absolute atomic E-state index is 0.339. The Balaban J connectivity index is 2.51. The van der Waals surface area contributed by atoms with E-state index >= 15 is 0 Å². The Kier molecular flexibility index (Phi) is 4.20. The molecule has 1 unspecified atom stereocenters. The smallest absolute Gasteiger partial charge is 0.0797 e. The number of piperidine rings is 1. The van der Waals surface area contributed by atoms with Gasteiger partial charge in [0.2, 0.25) is 0 Å². The molecule has 1 fully saturated rings. The number of rotatable bonds is 4. The monoisotopic (exact) mass is 185 g/mol. The molecule has 2 nitrogen and oxygen atoms in total. The number of aliphatic hydroxyl groups is 1. The Morgan fingerprint density at radius 1 is 1.38 bits per heavy atom. The highest BCUT2D eigenvalue weighted by atomic mass is 16.3. The van der Waals surface area contributed by atoms with Crippen LogP contribution in [0.1, 0.15) is 52.4 Å². The van der Waals surface area contributed by atoms with E-state index in [0.717, 1.165) is 32.2 Å². The van der Waals surface area contributed by atoms with Gasteiger partial charge in [-0.2, -0.15) is 0 Å². The largest absolute Gasteiger partial charge is 0.388 e. The minimum atomic E-state index is -0.449. The Bertz CT molecular complexity index is 143. The first kappa shape index (κ1) is 11.0. The predicted molar refractivity (Wildman–Crippen MR) is 55.8 cm³/mol. The zero-order chi connectivity index (χ0) is 9.73. The van der Waals surface area contributed by atoms with Crippen molar-refractivity contribution in [3.63, 3.8) is 0 Å². The molecular formula is C11H23NO. The Labute approximate surface area is 81.7 Å². The van der Waals surface area contributed by atoms with Crippen molar-refractivity contribution >= 4 is 0 Å². The van der Waals surface area contributed by atoms with E-state index in [1.807, 2.05) is 0 Å². The first-order valence-electron chi connectivity index (χ1n) is 5.68. The van der Waals surface area contributed by atoms with E-state index in [4.69, 9.17) is 0 Å². The van der Waals surface area contributed by atoms with Gasteiger partial charge in [0.25, 0.3) is 0 Å². The zero-order valence-electron chi connectivity index (χ0n) is 8.97. The van der Waals surface area contributed by atoms with E-state index in [-0.39, 0.29) is 0 Å². The highest BCUT2D eigenvalue weighted by Crippen LogP contribution is 2.26. The molecule has 0 spiro atoms. The van der Waals surface area contributed by atoms with Crippen molar-refractivity contribution in [3.05, 3.63) is 0 Å². The Hall–Kier alpha value is -0.0800. The van der Waals surface area contributed by atoms with Crippen LogP contribution >= 0.6 is 0 Å². The molecule has 0 aromatic rings. The molecule has 1 saturated heterocycles. The van der Waals surface area contributed by atoms with Gasteiger partial charge in [0.05, 0.1) is 5.60 Å². The van der Waals surface area contributed by atoms with Crippen molar-refractivity contribution < 1.29 is 5.11 Å². The van der Waals surface area contributed by atoms with E-state index in [2.05, 4.69) is 19.2 Å². The van der Waals surface area contributed by atoms with Gasteiger partial charge in [0.1, 0.15) is 0 Å². The molecular weight excluding hydrogens is 162 g/mol. The van der Waals surface area contributed by atoms with Crippen LogP contribution < -0.4 is 5.32 Å². The summed E-state index contributed by atoms with van der Waals surface area (Å²) in [6, 6.07) is 0.339. The first-order chi connectivity index (χ1) is 6.23. The third-order valence-electron chi connectivity index (χ3n) is 3.25. The molecule has 0 amide bonds. The van der Waals surface area contributed by atoms with Gasteiger partial charge in [-0.25, -0.2) is 0 Å². The Morgan fingerprint density at radius 3 is 2.62 bits per heavy atom. The minimum Gasteiger partial charge on any atom is -0.388 e. The molecule has 0 aliphatic carbocycles. The molecule has 0 saturated carbocycles. The first-order valence-corrected chi connectivity index (χ1v) is 5.68. The molecule has 78 valence electrons. The fourth-order valence-corrected chi connectivity index (χ4v) is 2.34. The second-order valence-electron chi connectivity index (χ2n) is 4.21. The van der Waals surface area contributed by atoms with E-state index in [9.17, 15) is 5.11 Å². The maximum atomic E-state index is 10.4. The van der Waals surface area contributed by atoms with E-state index in [1.54, 1.807) is 0 Å². The van der Waals surface area contributed by atoms with Crippen molar-refractivity contribution in [2.45, 2.75) is 64.0 Å². The van der Waals surface area contributed by atoms with Crippen molar-refractivity contribution in [1.82, 2.24) is 5.32 Å². The summed E-state index contributed by atoms with van der Waals surface area (Å²) >= 11 is 0. The normalized spacial score (nSPS) is 28.4. The van der Waals surface area contributed by atoms with Gasteiger partial charge in [-0.3, -0.25) is 0 Å². The lowest BCUT2D eigenvalue weighted by Gasteiger charge is -2.38. The summed E-state index contributed by atoms with van der Waals surface area (Å²) in [5, 5.41) is 13.8. The maximum Gasteiger partial charge on any atom is 0.0797 e. The van der Waals surface area contributed by atoms with Crippen LogP contribution in [0.2, 0.25) is 0 Å². The molecule has 1 aliphatic rings. The van der Waals surface area contributed by atoms with Crippen LogP contribution in [0.3, 0.4) is 0 Å². The summed E-state index contributed by atoms with van der Waals surface area (Å²) in [6.45, 7) is 5.31. The molecule has 0 bridgehead atoms. The van der Waals surface area contributed by atoms with Crippen LogP contribution in [-0.2, 0) is 0 Å². The lowest BCUT2D eigenvalue weighted by Crippen LogP contribution is -2.52. The number of hydrogen-bond donors (Lipinski definition) is 2. The van der Waals surface area contributed by atoms with Crippen molar-refractivity contribution in [2.24, 2.45) is 0 Å². The van der Waals surface area contributed by atoms with Gasteiger partial charge in [-0.15, -0.1) is 0 Å². The van der Waals surface area contributed by atoms with E-state index in [0.29, 0.717) is 6.04 Å².